The average Bonchev–Trinajstić information content (AvgIpc) is 2.54. The Bertz CT molecular complexity index is 918. The lowest BCUT2D eigenvalue weighted by atomic mass is 10.1. The summed E-state index contributed by atoms with van der Waals surface area (Å²) in [5.41, 5.74) is 13.2. The summed E-state index contributed by atoms with van der Waals surface area (Å²) >= 11 is 3.43. The predicted molar refractivity (Wildman–Crippen MR) is 95.5 cm³/mol. The molecule has 0 radical (unpaired) electrons. The fourth-order valence-electron chi connectivity index (χ4n) is 2.11. The molecule has 0 spiro atoms. The van der Waals surface area contributed by atoms with Gasteiger partial charge in [-0.25, -0.2) is 4.98 Å². The highest BCUT2D eigenvalue weighted by molar-refractivity contribution is 9.10. The maximum Gasteiger partial charge on any atom is 0.151 e. The van der Waals surface area contributed by atoms with Gasteiger partial charge < -0.3 is 11.5 Å². The molecule has 0 aliphatic heterocycles. The first-order valence-electron chi connectivity index (χ1n) is 6.74. The number of pyridine rings is 1. The van der Waals surface area contributed by atoms with Gasteiger partial charge in [-0.3, -0.25) is 5.41 Å². The van der Waals surface area contributed by atoms with E-state index in [1.165, 1.54) is 0 Å². The van der Waals surface area contributed by atoms with Gasteiger partial charge >= 0.3 is 0 Å². The lowest BCUT2D eigenvalue weighted by Gasteiger charge is -2.04. The van der Waals surface area contributed by atoms with Crippen molar-refractivity contribution in [3.63, 3.8) is 0 Å². The summed E-state index contributed by atoms with van der Waals surface area (Å²) in [5.74, 6) is 0.338. The third-order valence-electron chi connectivity index (χ3n) is 3.30. The molecule has 23 heavy (non-hydrogen) atoms. The first-order chi connectivity index (χ1) is 11.0. The Balaban J connectivity index is 2.00. The van der Waals surface area contributed by atoms with E-state index in [2.05, 4.69) is 31.1 Å². The molecule has 7 heteroatoms. The lowest BCUT2D eigenvalue weighted by molar-refractivity contribution is 1.22. The number of nitrogen functional groups attached to an aromatic ring is 2. The minimum atomic E-state index is 0.0153. The lowest BCUT2D eigenvalue weighted by Crippen LogP contribution is -2.10. The van der Waals surface area contributed by atoms with Crippen LogP contribution in [0.1, 0.15) is 5.56 Å². The monoisotopic (exact) mass is 368 g/mol. The minimum absolute atomic E-state index is 0.0153. The number of hydrogen-bond acceptors (Lipinski definition) is 5. The molecular formula is C16H13BrN6. The Hall–Kier alpha value is -2.80. The van der Waals surface area contributed by atoms with Crippen LogP contribution in [0.4, 0.5) is 17.2 Å². The van der Waals surface area contributed by atoms with Crippen LogP contribution in [0.3, 0.4) is 0 Å². The normalized spacial score (nSPS) is 11.2. The summed E-state index contributed by atoms with van der Waals surface area (Å²) in [5, 5.41) is 17.6. The predicted octanol–water partition coefficient (Wildman–Crippen LogP) is 4.28. The van der Waals surface area contributed by atoms with Crippen LogP contribution >= 0.6 is 15.9 Å². The Kier molecular flexibility index (Phi) is 4.03. The van der Waals surface area contributed by atoms with Crippen molar-refractivity contribution in [2.75, 3.05) is 5.73 Å². The number of aromatic nitrogens is 1. The van der Waals surface area contributed by atoms with Crippen LogP contribution < -0.4 is 11.5 Å². The van der Waals surface area contributed by atoms with Gasteiger partial charge in [0.15, 0.2) is 5.82 Å². The van der Waals surface area contributed by atoms with Gasteiger partial charge in [-0.05, 0) is 36.4 Å². The van der Waals surface area contributed by atoms with E-state index in [0.717, 1.165) is 15.2 Å². The maximum atomic E-state index is 7.37. The SMILES string of the molecule is N=C(N)c1ccc(N=Nc2c(N)ncc3cc(Br)ccc23)cc1. The molecule has 0 saturated carbocycles. The summed E-state index contributed by atoms with van der Waals surface area (Å²) in [6.45, 7) is 0. The van der Waals surface area contributed by atoms with Crippen molar-refractivity contribution >= 4 is 49.7 Å². The van der Waals surface area contributed by atoms with Gasteiger partial charge in [0.05, 0.1) is 5.69 Å². The molecule has 1 heterocycles. The highest BCUT2D eigenvalue weighted by atomic mass is 79.9. The third-order valence-corrected chi connectivity index (χ3v) is 3.79. The van der Waals surface area contributed by atoms with E-state index in [9.17, 15) is 0 Å². The van der Waals surface area contributed by atoms with Gasteiger partial charge in [-0.15, -0.1) is 5.11 Å². The van der Waals surface area contributed by atoms with Crippen LogP contribution in [0.2, 0.25) is 0 Å². The molecule has 0 fully saturated rings. The number of nitrogens with one attached hydrogen (secondary N) is 1. The smallest absolute Gasteiger partial charge is 0.151 e. The molecule has 0 atom stereocenters. The molecule has 5 N–H and O–H groups in total. The molecule has 6 nitrogen and oxygen atoms in total. The second-order valence-corrected chi connectivity index (χ2v) is 5.80. The molecule has 1 aromatic heterocycles. The van der Waals surface area contributed by atoms with Crippen molar-refractivity contribution in [3.8, 4) is 0 Å². The second-order valence-electron chi connectivity index (χ2n) is 4.88. The van der Waals surface area contributed by atoms with Crippen molar-refractivity contribution in [1.82, 2.24) is 4.98 Å². The first kappa shape index (κ1) is 15.1. The van der Waals surface area contributed by atoms with Crippen LogP contribution in [-0.2, 0) is 0 Å². The zero-order chi connectivity index (χ0) is 16.4. The third kappa shape index (κ3) is 3.19. The molecule has 0 bridgehead atoms. The Morgan fingerprint density at radius 3 is 2.52 bits per heavy atom. The molecule has 3 rings (SSSR count). The average molecular weight is 369 g/mol. The Morgan fingerprint density at radius 2 is 1.83 bits per heavy atom. The summed E-state index contributed by atoms with van der Waals surface area (Å²) in [7, 11) is 0. The quantitative estimate of drug-likeness (QED) is 0.364. The van der Waals surface area contributed by atoms with E-state index in [0.29, 0.717) is 22.8 Å². The number of azo groups is 1. The van der Waals surface area contributed by atoms with Gasteiger partial charge in [0.1, 0.15) is 11.5 Å². The number of anilines is 1. The minimum Gasteiger partial charge on any atom is -0.384 e. The van der Waals surface area contributed by atoms with Crippen molar-refractivity contribution in [2.24, 2.45) is 16.0 Å². The van der Waals surface area contributed by atoms with Crippen molar-refractivity contribution in [3.05, 3.63) is 58.7 Å². The number of rotatable bonds is 3. The topological polar surface area (TPSA) is 114 Å². The van der Waals surface area contributed by atoms with Crippen LogP contribution in [0.25, 0.3) is 10.8 Å². The zero-order valence-electron chi connectivity index (χ0n) is 12.0. The fourth-order valence-corrected chi connectivity index (χ4v) is 2.49. The van der Waals surface area contributed by atoms with E-state index >= 15 is 0 Å². The number of amidine groups is 1. The van der Waals surface area contributed by atoms with Crippen LogP contribution in [-0.4, -0.2) is 10.8 Å². The number of hydrogen-bond donors (Lipinski definition) is 3. The number of benzene rings is 2. The van der Waals surface area contributed by atoms with E-state index in [-0.39, 0.29) is 5.84 Å². The van der Waals surface area contributed by atoms with Crippen LogP contribution in [0, 0.1) is 5.41 Å². The first-order valence-corrected chi connectivity index (χ1v) is 7.54. The number of nitrogens with zero attached hydrogens (tertiary/aromatic N) is 3. The van der Waals surface area contributed by atoms with E-state index in [1.807, 2.05) is 18.2 Å². The van der Waals surface area contributed by atoms with Crippen molar-refractivity contribution < 1.29 is 0 Å². The second kappa shape index (κ2) is 6.13. The van der Waals surface area contributed by atoms with E-state index in [1.54, 1.807) is 30.5 Å². The van der Waals surface area contributed by atoms with Crippen LogP contribution in [0.15, 0.2) is 63.4 Å². The number of nitrogens with two attached hydrogens (primary N) is 2. The molecule has 3 aromatic rings. The molecule has 0 amide bonds. The van der Waals surface area contributed by atoms with Gasteiger partial charge in [-0.1, -0.05) is 22.0 Å². The van der Waals surface area contributed by atoms with Crippen LogP contribution in [0.5, 0.6) is 0 Å². The number of halogens is 1. The largest absolute Gasteiger partial charge is 0.384 e. The standard InChI is InChI=1S/C16H13BrN6/c17-11-3-6-13-10(7-11)8-21-16(20)14(13)23-22-12-4-1-9(2-5-12)15(18)19/h1-8H,(H3,18,19)(H2,20,21). The summed E-state index contributed by atoms with van der Waals surface area (Å²) in [6, 6.07) is 12.7. The highest BCUT2D eigenvalue weighted by Gasteiger charge is 2.07. The molecule has 2 aromatic carbocycles. The van der Waals surface area contributed by atoms with Crippen molar-refractivity contribution in [2.45, 2.75) is 0 Å². The van der Waals surface area contributed by atoms with Gasteiger partial charge in [0.2, 0.25) is 0 Å². The molecule has 114 valence electrons. The zero-order valence-corrected chi connectivity index (χ0v) is 13.6. The summed E-state index contributed by atoms with van der Waals surface area (Å²) in [4.78, 5) is 4.16. The van der Waals surface area contributed by atoms with E-state index in [4.69, 9.17) is 16.9 Å². The maximum absolute atomic E-state index is 7.37. The number of fused-ring (bicyclic) bond motifs is 1. The fraction of sp³-hybridized carbons (Fsp3) is 0. The Labute approximate surface area is 140 Å². The summed E-state index contributed by atoms with van der Waals surface area (Å²) < 4.78 is 0.958. The van der Waals surface area contributed by atoms with Gasteiger partial charge in [-0.2, -0.15) is 5.11 Å². The van der Waals surface area contributed by atoms with Crippen molar-refractivity contribution in [1.29, 1.82) is 5.41 Å². The van der Waals surface area contributed by atoms with E-state index < -0.39 is 0 Å². The molecule has 0 aliphatic rings. The molecule has 0 unspecified atom stereocenters. The molecule has 0 saturated heterocycles. The summed E-state index contributed by atoms with van der Waals surface area (Å²) in [6.07, 6.45) is 1.70. The van der Waals surface area contributed by atoms with Gasteiger partial charge in [0.25, 0.3) is 0 Å². The molecular weight excluding hydrogens is 356 g/mol. The van der Waals surface area contributed by atoms with Gasteiger partial charge in [0, 0.05) is 27.0 Å². The Morgan fingerprint density at radius 1 is 1.09 bits per heavy atom. The molecule has 0 aliphatic carbocycles. The highest BCUT2D eigenvalue weighted by Crippen LogP contribution is 2.33.